The van der Waals surface area contributed by atoms with Crippen LogP contribution in [0.1, 0.15) is 19.2 Å². The molecule has 1 aromatic carbocycles. The fourth-order valence-corrected chi connectivity index (χ4v) is 2.27. The molecule has 2 heterocycles. The van der Waals surface area contributed by atoms with Crippen LogP contribution < -0.4 is 9.47 Å². The van der Waals surface area contributed by atoms with Gasteiger partial charge in [0, 0.05) is 6.54 Å². The number of para-hydroxylation sites is 2. The van der Waals surface area contributed by atoms with Crippen LogP contribution in [0.2, 0.25) is 0 Å². The van der Waals surface area contributed by atoms with Gasteiger partial charge in [0.1, 0.15) is 18.8 Å². The highest BCUT2D eigenvalue weighted by Crippen LogP contribution is 2.31. The van der Waals surface area contributed by atoms with Crippen molar-refractivity contribution in [2.45, 2.75) is 32.4 Å². The van der Waals surface area contributed by atoms with Crippen molar-refractivity contribution >= 4 is 5.78 Å². The Morgan fingerprint density at radius 2 is 2.19 bits per heavy atom. The zero-order chi connectivity index (χ0) is 14.7. The number of carbonyl (C=O) groups is 1. The Kier molecular flexibility index (Phi) is 3.85. The molecule has 0 N–H and O–H groups in total. The Balaban J connectivity index is 1.68. The first-order chi connectivity index (χ1) is 10.3. The highest BCUT2D eigenvalue weighted by Gasteiger charge is 2.28. The van der Waals surface area contributed by atoms with E-state index in [1.807, 2.05) is 18.2 Å². The molecule has 0 saturated carbocycles. The fourth-order valence-electron chi connectivity index (χ4n) is 2.27. The third-order valence-electron chi connectivity index (χ3n) is 3.33. The van der Waals surface area contributed by atoms with Crippen LogP contribution in [-0.2, 0) is 17.8 Å². The lowest BCUT2D eigenvalue weighted by atomic mass is 10.1. The average molecular weight is 287 g/mol. The minimum Gasteiger partial charge on any atom is -0.485 e. The van der Waals surface area contributed by atoms with Gasteiger partial charge in [0.2, 0.25) is 0 Å². The molecule has 1 aromatic heterocycles. The molecule has 1 atom stereocenters. The van der Waals surface area contributed by atoms with Crippen molar-refractivity contribution in [1.82, 2.24) is 14.8 Å². The number of hydrogen-bond donors (Lipinski definition) is 0. The van der Waals surface area contributed by atoms with Crippen LogP contribution in [0, 0.1) is 0 Å². The maximum absolute atomic E-state index is 12.3. The first-order valence-electron chi connectivity index (χ1n) is 7.06. The van der Waals surface area contributed by atoms with Crippen LogP contribution in [0.25, 0.3) is 0 Å². The largest absolute Gasteiger partial charge is 0.485 e. The lowest BCUT2D eigenvalue weighted by Gasteiger charge is -2.25. The maximum atomic E-state index is 12.3. The number of ether oxygens (including phenoxy) is 2. The van der Waals surface area contributed by atoms with Gasteiger partial charge < -0.3 is 9.47 Å². The first-order valence-corrected chi connectivity index (χ1v) is 7.06. The van der Waals surface area contributed by atoms with Crippen molar-refractivity contribution in [3.8, 4) is 11.5 Å². The SMILES string of the molecule is CCCn1ncnc1CC(=O)C1COc2ccccc2O1. The van der Waals surface area contributed by atoms with Gasteiger partial charge in [-0.2, -0.15) is 5.10 Å². The minimum absolute atomic E-state index is 0.0464. The number of aromatic nitrogens is 3. The molecular formula is C15H17N3O3. The molecule has 3 rings (SSSR count). The fraction of sp³-hybridized carbons (Fsp3) is 0.400. The molecule has 0 saturated heterocycles. The summed E-state index contributed by atoms with van der Waals surface area (Å²) in [6.45, 7) is 3.05. The third kappa shape index (κ3) is 2.89. The van der Waals surface area contributed by atoms with Gasteiger partial charge in [-0.05, 0) is 18.6 Å². The molecular weight excluding hydrogens is 270 g/mol. The van der Waals surface area contributed by atoms with Crippen LogP contribution in [0.15, 0.2) is 30.6 Å². The van der Waals surface area contributed by atoms with Crippen molar-refractivity contribution < 1.29 is 14.3 Å². The Bertz CT molecular complexity index is 639. The molecule has 1 aliphatic heterocycles. The van der Waals surface area contributed by atoms with Gasteiger partial charge in [0.25, 0.3) is 0 Å². The number of nitrogens with zero attached hydrogens (tertiary/aromatic N) is 3. The molecule has 0 fully saturated rings. The maximum Gasteiger partial charge on any atom is 0.191 e. The molecule has 1 unspecified atom stereocenters. The zero-order valence-corrected chi connectivity index (χ0v) is 11.9. The van der Waals surface area contributed by atoms with E-state index in [4.69, 9.17) is 9.47 Å². The molecule has 0 bridgehead atoms. The lowest BCUT2D eigenvalue weighted by molar-refractivity contribution is -0.127. The van der Waals surface area contributed by atoms with E-state index in [-0.39, 0.29) is 18.8 Å². The van der Waals surface area contributed by atoms with Gasteiger partial charge in [-0.25, -0.2) is 9.67 Å². The van der Waals surface area contributed by atoms with Gasteiger partial charge >= 0.3 is 0 Å². The average Bonchev–Trinajstić information content (AvgIpc) is 2.94. The second kappa shape index (κ2) is 5.95. The summed E-state index contributed by atoms with van der Waals surface area (Å²) >= 11 is 0. The summed E-state index contributed by atoms with van der Waals surface area (Å²) in [7, 11) is 0. The number of rotatable bonds is 5. The Hall–Kier alpha value is -2.37. The van der Waals surface area contributed by atoms with Crippen LogP contribution in [0.5, 0.6) is 11.5 Å². The number of benzene rings is 1. The van der Waals surface area contributed by atoms with Gasteiger partial charge in [0.15, 0.2) is 23.4 Å². The third-order valence-corrected chi connectivity index (χ3v) is 3.33. The van der Waals surface area contributed by atoms with Crippen molar-refractivity contribution in [1.29, 1.82) is 0 Å². The Morgan fingerprint density at radius 3 is 3.00 bits per heavy atom. The van der Waals surface area contributed by atoms with Crippen LogP contribution in [0.3, 0.4) is 0 Å². The van der Waals surface area contributed by atoms with E-state index in [0.717, 1.165) is 13.0 Å². The Morgan fingerprint density at radius 1 is 1.38 bits per heavy atom. The smallest absolute Gasteiger partial charge is 0.191 e. The summed E-state index contributed by atoms with van der Waals surface area (Å²) in [6.07, 6.45) is 2.04. The van der Waals surface area contributed by atoms with E-state index in [2.05, 4.69) is 17.0 Å². The minimum atomic E-state index is -0.591. The van der Waals surface area contributed by atoms with Gasteiger partial charge in [0.05, 0.1) is 6.42 Å². The van der Waals surface area contributed by atoms with Crippen LogP contribution in [0.4, 0.5) is 0 Å². The highest BCUT2D eigenvalue weighted by molar-refractivity contribution is 5.85. The van der Waals surface area contributed by atoms with Gasteiger partial charge in [-0.15, -0.1) is 0 Å². The molecule has 0 spiro atoms. The highest BCUT2D eigenvalue weighted by atomic mass is 16.6. The lowest BCUT2D eigenvalue weighted by Crippen LogP contribution is -2.38. The van der Waals surface area contributed by atoms with E-state index in [0.29, 0.717) is 17.3 Å². The summed E-state index contributed by atoms with van der Waals surface area (Å²) in [5.41, 5.74) is 0. The molecule has 0 radical (unpaired) electrons. The molecule has 0 aliphatic carbocycles. The number of aryl methyl sites for hydroxylation is 1. The van der Waals surface area contributed by atoms with Gasteiger partial charge in [-0.3, -0.25) is 4.79 Å². The van der Waals surface area contributed by atoms with Crippen molar-refractivity contribution in [2.24, 2.45) is 0 Å². The molecule has 1 aliphatic rings. The van der Waals surface area contributed by atoms with E-state index in [1.54, 1.807) is 10.7 Å². The second-order valence-electron chi connectivity index (χ2n) is 4.91. The van der Waals surface area contributed by atoms with E-state index >= 15 is 0 Å². The number of carbonyl (C=O) groups excluding carboxylic acids is 1. The summed E-state index contributed by atoms with van der Waals surface area (Å²) < 4.78 is 13.0. The predicted molar refractivity (Wildman–Crippen MR) is 75.4 cm³/mol. The molecule has 6 nitrogen and oxygen atoms in total. The van der Waals surface area contributed by atoms with E-state index in [9.17, 15) is 4.79 Å². The van der Waals surface area contributed by atoms with Crippen LogP contribution >= 0.6 is 0 Å². The quantitative estimate of drug-likeness (QED) is 0.836. The Labute approximate surface area is 122 Å². The number of Topliss-reactive ketones (excluding diaryl/α,β-unsaturated/α-hetero) is 1. The monoisotopic (exact) mass is 287 g/mol. The topological polar surface area (TPSA) is 66.2 Å². The number of fused-ring (bicyclic) bond motifs is 1. The predicted octanol–water partition coefficient (Wildman–Crippen LogP) is 1.64. The van der Waals surface area contributed by atoms with Crippen LogP contribution in [-0.4, -0.2) is 33.3 Å². The van der Waals surface area contributed by atoms with E-state index < -0.39 is 6.10 Å². The summed E-state index contributed by atoms with van der Waals surface area (Å²) in [5.74, 6) is 1.91. The summed E-state index contributed by atoms with van der Waals surface area (Å²) in [4.78, 5) is 16.5. The van der Waals surface area contributed by atoms with Crippen molar-refractivity contribution in [2.75, 3.05) is 6.61 Å². The molecule has 6 heteroatoms. The van der Waals surface area contributed by atoms with Gasteiger partial charge in [-0.1, -0.05) is 19.1 Å². The molecule has 110 valence electrons. The first kappa shape index (κ1) is 13.6. The molecule has 21 heavy (non-hydrogen) atoms. The molecule has 2 aromatic rings. The molecule has 0 amide bonds. The van der Waals surface area contributed by atoms with Crippen molar-refractivity contribution in [3.63, 3.8) is 0 Å². The van der Waals surface area contributed by atoms with Crippen molar-refractivity contribution in [3.05, 3.63) is 36.4 Å². The summed E-state index contributed by atoms with van der Waals surface area (Å²) in [5, 5.41) is 4.12. The number of ketones is 1. The number of hydrogen-bond acceptors (Lipinski definition) is 5. The standard InChI is InChI=1S/C15H17N3O3/c1-2-7-18-15(16-10-17-18)8-11(19)14-9-20-12-5-3-4-6-13(12)21-14/h3-6,10,14H,2,7-9H2,1H3. The van der Waals surface area contributed by atoms with E-state index in [1.165, 1.54) is 6.33 Å². The zero-order valence-electron chi connectivity index (χ0n) is 11.9. The summed E-state index contributed by atoms with van der Waals surface area (Å²) in [6, 6.07) is 7.35. The normalized spacial score (nSPS) is 16.7. The second-order valence-corrected chi connectivity index (χ2v) is 4.91.